The Kier molecular flexibility index (Phi) is 7.36. The highest BCUT2D eigenvalue weighted by atomic mass is 35.5. The maximum absolute atomic E-state index is 15.0. The average Bonchev–Trinajstić information content (AvgIpc) is 3.19. The van der Waals surface area contributed by atoms with Gasteiger partial charge in [-0.1, -0.05) is 0 Å². The molecule has 2 aromatic heterocycles. The quantitative estimate of drug-likeness (QED) is 0.174. The van der Waals surface area contributed by atoms with Crippen LogP contribution in [0, 0.1) is 0 Å². The lowest BCUT2D eigenvalue weighted by atomic mass is 9.99. The van der Waals surface area contributed by atoms with Crippen LogP contribution in [0.15, 0.2) is 12.7 Å². The maximum Gasteiger partial charge on any atom is 0.490 e. The van der Waals surface area contributed by atoms with Gasteiger partial charge in [0.15, 0.2) is 23.9 Å². The van der Waals surface area contributed by atoms with E-state index in [1.807, 2.05) is 0 Å². The molecule has 3 heterocycles. The standard InChI is InChI=1S/C11H16ClFN5O12P3/c12-1-11(2-27-32(23,24)30-33(25,26)29-31(20,21)22)7(19)5(13)10(28-11)18-4-17-6-8(14)15-3-16-9(6)18/h3-5,7,10,19H,1-2H2,(H,23,24)(H,25,26)(H2,14,15,16)(H2,20,21,22)/t5-,7+,10+,11+/m0/s1. The highest BCUT2D eigenvalue weighted by molar-refractivity contribution is 7.66. The van der Waals surface area contributed by atoms with Crippen LogP contribution in [-0.2, 0) is 31.6 Å². The van der Waals surface area contributed by atoms with Gasteiger partial charge < -0.3 is 35.2 Å². The van der Waals surface area contributed by atoms with E-state index in [1.54, 1.807) is 0 Å². The van der Waals surface area contributed by atoms with Crippen molar-refractivity contribution in [2.24, 2.45) is 0 Å². The van der Waals surface area contributed by atoms with Crippen LogP contribution in [0.4, 0.5) is 10.2 Å². The fourth-order valence-electron chi connectivity index (χ4n) is 2.85. The van der Waals surface area contributed by atoms with Crippen LogP contribution in [0.1, 0.15) is 6.23 Å². The minimum atomic E-state index is -5.79. The number of aromatic nitrogens is 4. The molecule has 0 spiro atoms. The summed E-state index contributed by atoms with van der Waals surface area (Å²) in [5.41, 5.74) is 3.59. The molecule has 2 aromatic rings. The molecule has 0 radical (unpaired) electrons. The summed E-state index contributed by atoms with van der Waals surface area (Å²) in [5, 5.41) is 10.4. The van der Waals surface area contributed by atoms with Gasteiger partial charge in [0.1, 0.15) is 23.5 Å². The molecule has 0 amide bonds. The Morgan fingerprint density at radius 2 is 1.85 bits per heavy atom. The summed E-state index contributed by atoms with van der Waals surface area (Å²) in [6.45, 7) is -1.18. The second-order valence-electron chi connectivity index (χ2n) is 6.54. The van der Waals surface area contributed by atoms with Gasteiger partial charge in [0, 0.05) is 0 Å². The van der Waals surface area contributed by atoms with Gasteiger partial charge in [0.25, 0.3) is 0 Å². The van der Waals surface area contributed by atoms with Crippen LogP contribution in [-0.4, -0.2) is 74.6 Å². The highest BCUT2D eigenvalue weighted by Crippen LogP contribution is 2.66. The molecular weight excluding hydrogens is 542 g/mol. The smallest absolute Gasteiger partial charge is 0.387 e. The largest absolute Gasteiger partial charge is 0.490 e. The molecule has 6 atom stereocenters. The van der Waals surface area contributed by atoms with E-state index in [0.717, 1.165) is 17.2 Å². The number of aliphatic hydroxyl groups is 1. The number of alkyl halides is 2. The van der Waals surface area contributed by atoms with Gasteiger partial charge in [-0.05, 0) is 0 Å². The number of nitrogens with two attached hydrogens (primary N) is 1. The van der Waals surface area contributed by atoms with E-state index >= 15 is 0 Å². The molecule has 0 bridgehead atoms. The first-order chi connectivity index (χ1) is 15.1. The van der Waals surface area contributed by atoms with Crippen molar-refractivity contribution in [1.82, 2.24) is 19.5 Å². The number of hydrogen-bond acceptors (Lipinski definition) is 12. The molecule has 1 aliphatic rings. The number of ether oxygens (including phenoxy) is 1. The van der Waals surface area contributed by atoms with Crippen molar-refractivity contribution >= 4 is 52.1 Å². The predicted octanol–water partition coefficient (Wildman–Crippen LogP) is -0.0428. The number of rotatable bonds is 9. The Morgan fingerprint density at radius 1 is 1.18 bits per heavy atom. The number of phosphoric acid groups is 3. The lowest BCUT2D eigenvalue weighted by Gasteiger charge is -2.29. The summed E-state index contributed by atoms with van der Waals surface area (Å²) >= 11 is 5.80. The Bertz CT molecular complexity index is 1180. The second kappa shape index (κ2) is 9.17. The number of aliphatic hydroxyl groups excluding tert-OH is 1. The number of hydrogen-bond donors (Lipinski definition) is 6. The van der Waals surface area contributed by atoms with Crippen LogP contribution >= 0.6 is 35.1 Å². The van der Waals surface area contributed by atoms with E-state index in [0.29, 0.717) is 0 Å². The molecule has 0 aromatic carbocycles. The highest BCUT2D eigenvalue weighted by Gasteiger charge is 2.57. The van der Waals surface area contributed by atoms with Gasteiger partial charge in [-0.3, -0.25) is 9.09 Å². The number of nitrogen functional groups attached to an aromatic ring is 1. The summed E-state index contributed by atoms with van der Waals surface area (Å²) in [4.78, 5) is 47.4. The maximum atomic E-state index is 15.0. The monoisotopic (exact) mass is 557 g/mol. The minimum absolute atomic E-state index is 0.0241. The number of halogens is 2. The molecule has 1 saturated heterocycles. The van der Waals surface area contributed by atoms with Gasteiger partial charge in [-0.15, -0.1) is 11.6 Å². The van der Waals surface area contributed by atoms with Crippen molar-refractivity contribution in [2.45, 2.75) is 24.1 Å². The summed E-state index contributed by atoms with van der Waals surface area (Å²) in [7, 11) is -17.0. The first-order valence-electron chi connectivity index (χ1n) is 8.37. The molecule has 3 rings (SSSR count). The predicted molar refractivity (Wildman–Crippen MR) is 104 cm³/mol. The summed E-state index contributed by atoms with van der Waals surface area (Å²) in [6, 6.07) is 0. The lowest BCUT2D eigenvalue weighted by molar-refractivity contribution is -0.111. The first-order valence-corrected chi connectivity index (χ1v) is 13.4. The molecule has 1 aliphatic heterocycles. The molecule has 0 aliphatic carbocycles. The molecule has 2 unspecified atom stereocenters. The second-order valence-corrected chi connectivity index (χ2v) is 11.2. The normalized spacial score (nSPS) is 29.7. The van der Waals surface area contributed by atoms with E-state index in [-0.39, 0.29) is 17.0 Å². The van der Waals surface area contributed by atoms with Gasteiger partial charge in [-0.25, -0.2) is 33.0 Å². The third kappa shape index (κ3) is 5.77. The Morgan fingerprint density at radius 3 is 2.45 bits per heavy atom. The van der Waals surface area contributed by atoms with Gasteiger partial charge in [-0.2, -0.15) is 8.62 Å². The average molecular weight is 558 g/mol. The fourth-order valence-corrected chi connectivity index (χ4v) is 6.22. The van der Waals surface area contributed by atoms with E-state index in [9.17, 15) is 33.0 Å². The van der Waals surface area contributed by atoms with Crippen LogP contribution in [0.2, 0.25) is 0 Å². The molecule has 0 saturated carbocycles. The lowest BCUT2D eigenvalue weighted by Crippen LogP contribution is -2.47. The number of nitrogens with zero attached hydrogens (tertiary/aromatic N) is 4. The molecule has 33 heavy (non-hydrogen) atoms. The summed E-state index contributed by atoms with van der Waals surface area (Å²) in [6.07, 6.45) is -3.74. The van der Waals surface area contributed by atoms with Crippen LogP contribution < -0.4 is 5.73 Å². The zero-order valence-electron chi connectivity index (χ0n) is 15.9. The van der Waals surface area contributed by atoms with E-state index < -0.39 is 60.1 Å². The number of phosphoric ester groups is 1. The molecular formula is C11H16ClFN5O12P3. The van der Waals surface area contributed by atoms with Gasteiger partial charge >= 0.3 is 23.5 Å². The zero-order chi connectivity index (χ0) is 24.8. The zero-order valence-corrected chi connectivity index (χ0v) is 19.3. The van der Waals surface area contributed by atoms with Crippen molar-refractivity contribution in [3.05, 3.63) is 12.7 Å². The van der Waals surface area contributed by atoms with Crippen molar-refractivity contribution in [3.63, 3.8) is 0 Å². The Hall–Kier alpha value is -1.10. The van der Waals surface area contributed by atoms with Crippen LogP contribution in [0.25, 0.3) is 11.2 Å². The van der Waals surface area contributed by atoms with Crippen molar-refractivity contribution in [3.8, 4) is 0 Å². The molecule has 17 nitrogen and oxygen atoms in total. The summed E-state index contributed by atoms with van der Waals surface area (Å²) in [5.74, 6) is -0.742. The fraction of sp³-hybridized carbons (Fsp3) is 0.545. The van der Waals surface area contributed by atoms with E-state index in [4.69, 9.17) is 31.9 Å². The van der Waals surface area contributed by atoms with Crippen LogP contribution in [0.3, 0.4) is 0 Å². The third-order valence-electron chi connectivity index (χ3n) is 4.24. The molecule has 22 heteroatoms. The summed E-state index contributed by atoms with van der Waals surface area (Å²) < 4.78 is 67.2. The van der Waals surface area contributed by atoms with Crippen molar-refractivity contribution < 1.29 is 60.6 Å². The van der Waals surface area contributed by atoms with E-state index in [2.05, 4.69) is 28.1 Å². The number of anilines is 1. The molecule has 1 fully saturated rings. The molecule has 7 N–H and O–H groups in total. The number of fused-ring (bicyclic) bond motifs is 1. The first kappa shape index (κ1) is 26.5. The number of imidazole rings is 1. The Labute approximate surface area is 187 Å². The van der Waals surface area contributed by atoms with Crippen molar-refractivity contribution in [2.75, 3.05) is 18.2 Å². The molecule has 186 valence electrons. The third-order valence-corrected chi connectivity index (χ3v) is 8.48. The van der Waals surface area contributed by atoms with E-state index in [1.165, 1.54) is 0 Å². The topological polar surface area (TPSA) is 259 Å². The SMILES string of the molecule is Nc1ncnc2c1ncn2[C@@H]1O[C@](CCl)(COP(=O)(O)OP(=O)(O)OP(=O)(O)O)[C@H](O)[C@@H]1F. The van der Waals surface area contributed by atoms with Crippen LogP contribution in [0.5, 0.6) is 0 Å². The van der Waals surface area contributed by atoms with Gasteiger partial charge in [0.2, 0.25) is 0 Å². The van der Waals surface area contributed by atoms with Gasteiger partial charge in [0.05, 0.1) is 18.8 Å². The Balaban J connectivity index is 1.80. The van der Waals surface area contributed by atoms with Crippen molar-refractivity contribution in [1.29, 1.82) is 0 Å². The minimum Gasteiger partial charge on any atom is -0.387 e.